The molecule has 186 valence electrons. The number of nitrogens with one attached hydrogen (secondary N) is 2. The monoisotopic (exact) mass is 507 g/mol. The molecule has 0 saturated carbocycles. The van der Waals surface area contributed by atoms with Gasteiger partial charge in [0.15, 0.2) is 0 Å². The van der Waals surface area contributed by atoms with Crippen LogP contribution in [0, 0.1) is 11.8 Å². The second-order valence-corrected chi connectivity index (χ2v) is 11.8. The van der Waals surface area contributed by atoms with Crippen LogP contribution in [0.15, 0.2) is 46.7 Å². The van der Waals surface area contributed by atoms with Crippen molar-refractivity contribution in [1.29, 1.82) is 0 Å². The van der Waals surface area contributed by atoms with Crippen LogP contribution in [0.25, 0.3) is 0 Å². The molecule has 2 heterocycles. The molecule has 0 unspecified atom stereocenters. The lowest BCUT2D eigenvalue weighted by atomic mass is 9.89. The Morgan fingerprint density at radius 2 is 1.71 bits per heavy atom. The number of sulfonamides is 1. The molecule has 1 aliphatic heterocycles. The van der Waals surface area contributed by atoms with Crippen LogP contribution in [-0.4, -0.2) is 56.8 Å². The molecule has 1 saturated heterocycles. The van der Waals surface area contributed by atoms with E-state index in [1.807, 2.05) is 26.2 Å². The van der Waals surface area contributed by atoms with Crippen molar-refractivity contribution < 1.29 is 22.7 Å². The molecule has 10 heteroatoms. The second-order valence-electron chi connectivity index (χ2n) is 8.89. The fourth-order valence-electron chi connectivity index (χ4n) is 3.84. The number of piperidine rings is 1. The highest BCUT2D eigenvalue weighted by Crippen LogP contribution is 2.27. The average Bonchev–Trinajstić information content (AvgIpc) is 3.37. The van der Waals surface area contributed by atoms with Gasteiger partial charge >= 0.3 is 0 Å². The van der Waals surface area contributed by atoms with Gasteiger partial charge in [0.1, 0.15) is 11.8 Å². The summed E-state index contributed by atoms with van der Waals surface area (Å²) in [5.74, 6) is 0.131. The highest BCUT2D eigenvalue weighted by atomic mass is 32.2. The minimum absolute atomic E-state index is 0.0517. The quantitative estimate of drug-likeness (QED) is 0.543. The molecule has 1 fully saturated rings. The van der Waals surface area contributed by atoms with Crippen LogP contribution in [0.3, 0.4) is 0 Å². The summed E-state index contributed by atoms with van der Waals surface area (Å²) in [7, 11) is -2.13. The lowest BCUT2D eigenvalue weighted by Crippen LogP contribution is -2.55. The van der Waals surface area contributed by atoms with Gasteiger partial charge in [0.25, 0.3) is 5.91 Å². The minimum atomic E-state index is -3.65. The molecular weight excluding hydrogens is 474 g/mol. The molecule has 34 heavy (non-hydrogen) atoms. The maximum absolute atomic E-state index is 13.2. The normalized spacial score (nSPS) is 17.2. The summed E-state index contributed by atoms with van der Waals surface area (Å²) < 4.78 is 32.7. The van der Waals surface area contributed by atoms with Crippen molar-refractivity contribution >= 4 is 33.2 Å². The third-order valence-corrected chi connectivity index (χ3v) is 9.13. The van der Waals surface area contributed by atoms with Gasteiger partial charge in [0.2, 0.25) is 15.9 Å². The smallest absolute Gasteiger partial charge is 0.262 e. The van der Waals surface area contributed by atoms with Gasteiger partial charge in [-0.15, -0.1) is 11.3 Å². The maximum Gasteiger partial charge on any atom is 0.262 e. The summed E-state index contributed by atoms with van der Waals surface area (Å²) in [6.07, 6.45) is 0.933. The number of thiophene rings is 1. The Morgan fingerprint density at radius 3 is 2.24 bits per heavy atom. The molecule has 3 rings (SSSR count). The molecule has 0 aliphatic carbocycles. The maximum atomic E-state index is 13.2. The second kappa shape index (κ2) is 11.3. The molecule has 2 atom stereocenters. The molecule has 2 N–H and O–H groups in total. The number of carbonyl (C=O) groups is 2. The topological polar surface area (TPSA) is 105 Å². The van der Waals surface area contributed by atoms with Crippen LogP contribution >= 0.6 is 11.3 Å². The van der Waals surface area contributed by atoms with E-state index in [4.69, 9.17) is 4.74 Å². The molecule has 1 aliphatic rings. The van der Waals surface area contributed by atoms with Gasteiger partial charge in [-0.3, -0.25) is 9.59 Å². The summed E-state index contributed by atoms with van der Waals surface area (Å²) in [6.45, 7) is 6.53. The predicted molar refractivity (Wildman–Crippen MR) is 132 cm³/mol. The van der Waals surface area contributed by atoms with E-state index in [1.165, 1.54) is 34.9 Å². The average molecular weight is 508 g/mol. The molecule has 1 aromatic carbocycles. The Hall–Kier alpha value is -2.43. The highest BCUT2D eigenvalue weighted by molar-refractivity contribution is 7.89. The molecular formula is C24H33N3O5S2. The summed E-state index contributed by atoms with van der Waals surface area (Å²) in [5.41, 5.74) is 0. The van der Waals surface area contributed by atoms with Crippen molar-refractivity contribution in [2.75, 3.05) is 20.2 Å². The number of benzene rings is 1. The first-order valence-electron chi connectivity index (χ1n) is 11.4. The summed E-state index contributed by atoms with van der Waals surface area (Å²) in [6, 6.07) is 9.03. The SMILES string of the molecule is COc1ccc(S(=O)(=O)N2CCC([C@@H](NC(=O)c3cccs3)C(=O)N[C@H](C)C(C)C)CC2)cc1. The molecule has 2 aromatic rings. The number of carbonyl (C=O) groups excluding carboxylic acids is 2. The number of rotatable bonds is 9. The van der Waals surface area contributed by atoms with E-state index in [0.717, 1.165) is 0 Å². The van der Waals surface area contributed by atoms with Gasteiger partial charge in [0.05, 0.1) is 16.9 Å². The van der Waals surface area contributed by atoms with Crippen molar-refractivity contribution in [3.8, 4) is 5.75 Å². The predicted octanol–water partition coefficient (Wildman–Crippen LogP) is 3.12. The van der Waals surface area contributed by atoms with Gasteiger partial charge < -0.3 is 15.4 Å². The van der Waals surface area contributed by atoms with Crippen LogP contribution in [0.2, 0.25) is 0 Å². The fourth-order valence-corrected chi connectivity index (χ4v) is 5.94. The molecule has 0 bridgehead atoms. The van der Waals surface area contributed by atoms with Crippen LogP contribution in [0.1, 0.15) is 43.3 Å². The Balaban J connectivity index is 1.72. The van der Waals surface area contributed by atoms with E-state index < -0.39 is 16.1 Å². The van der Waals surface area contributed by atoms with E-state index in [-0.39, 0.29) is 47.7 Å². The third kappa shape index (κ3) is 6.17. The first-order valence-corrected chi connectivity index (χ1v) is 13.7. The zero-order valence-electron chi connectivity index (χ0n) is 20.0. The standard InChI is InChI=1S/C24H33N3O5S2/c1-16(2)17(3)25-24(29)22(26-23(28)21-6-5-15-33-21)18-11-13-27(14-12-18)34(30,31)20-9-7-19(32-4)8-10-20/h5-10,15-18,22H,11-14H2,1-4H3,(H,25,29)(H,26,28)/t17-,22-/m1/s1. The highest BCUT2D eigenvalue weighted by Gasteiger charge is 2.37. The van der Waals surface area contributed by atoms with Gasteiger partial charge in [-0.05, 0) is 67.3 Å². The van der Waals surface area contributed by atoms with Crippen molar-refractivity contribution in [2.24, 2.45) is 11.8 Å². The number of methoxy groups -OCH3 is 1. The van der Waals surface area contributed by atoms with E-state index in [1.54, 1.807) is 24.3 Å². The van der Waals surface area contributed by atoms with Crippen molar-refractivity contribution in [3.05, 3.63) is 46.7 Å². The van der Waals surface area contributed by atoms with Crippen LogP contribution in [-0.2, 0) is 14.8 Å². The van der Waals surface area contributed by atoms with E-state index in [0.29, 0.717) is 23.5 Å². The third-order valence-electron chi connectivity index (χ3n) is 6.35. The Morgan fingerprint density at radius 1 is 1.06 bits per heavy atom. The largest absolute Gasteiger partial charge is 0.497 e. The Kier molecular flexibility index (Phi) is 8.72. The first kappa shape index (κ1) is 26.2. The Labute approximate surface area is 205 Å². The lowest BCUT2D eigenvalue weighted by molar-refractivity contribution is -0.125. The molecule has 8 nitrogen and oxygen atoms in total. The molecule has 2 amide bonds. The number of hydrogen-bond donors (Lipinski definition) is 2. The van der Waals surface area contributed by atoms with Crippen molar-refractivity contribution in [3.63, 3.8) is 0 Å². The van der Waals surface area contributed by atoms with E-state index in [2.05, 4.69) is 10.6 Å². The molecule has 0 spiro atoms. The Bertz CT molecular complexity index is 1060. The van der Waals surface area contributed by atoms with E-state index >= 15 is 0 Å². The van der Waals surface area contributed by atoms with Crippen molar-refractivity contribution in [2.45, 2.75) is 50.6 Å². The lowest BCUT2D eigenvalue weighted by Gasteiger charge is -2.35. The summed E-state index contributed by atoms with van der Waals surface area (Å²) >= 11 is 1.31. The van der Waals surface area contributed by atoms with E-state index in [9.17, 15) is 18.0 Å². The van der Waals surface area contributed by atoms with Gasteiger partial charge in [0, 0.05) is 19.1 Å². The van der Waals surface area contributed by atoms with Gasteiger partial charge in [-0.2, -0.15) is 4.31 Å². The fraction of sp³-hybridized carbons (Fsp3) is 0.500. The zero-order chi connectivity index (χ0) is 24.9. The minimum Gasteiger partial charge on any atom is -0.497 e. The van der Waals surface area contributed by atoms with Gasteiger partial charge in [-0.1, -0.05) is 19.9 Å². The summed E-state index contributed by atoms with van der Waals surface area (Å²) in [4.78, 5) is 26.6. The molecule has 1 aromatic heterocycles. The molecule has 0 radical (unpaired) electrons. The summed E-state index contributed by atoms with van der Waals surface area (Å²) in [5, 5.41) is 7.73. The first-order chi connectivity index (χ1) is 16.1. The number of ether oxygens (including phenoxy) is 1. The zero-order valence-corrected chi connectivity index (χ0v) is 21.6. The van der Waals surface area contributed by atoms with Crippen LogP contribution < -0.4 is 15.4 Å². The van der Waals surface area contributed by atoms with Crippen LogP contribution in [0.4, 0.5) is 0 Å². The van der Waals surface area contributed by atoms with Crippen molar-refractivity contribution in [1.82, 2.24) is 14.9 Å². The number of amides is 2. The van der Waals surface area contributed by atoms with Crippen LogP contribution in [0.5, 0.6) is 5.75 Å². The van der Waals surface area contributed by atoms with Gasteiger partial charge in [-0.25, -0.2) is 8.42 Å². The number of nitrogens with zero attached hydrogens (tertiary/aromatic N) is 1. The number of hydrogen-bond acceptors (Lipinski definition) is 6.